The summed E-state index contributed by atoms with van der Waals surface area (Å²) in [5.74, 6) is 0.553. The molecule has 0 radical (unpaired) electrons. The zero-order valence-corrected chi connectivity index (χ0v) is 14.2. The van der Waals surface area contributed by atoms with Crippen molar-refractivity contribution in [3.05, 3.63) is 34.6 Å². The summed E-state index contributed by atoms with van der Waals surface area (Å²) in [5.41, 5.74) is 0.932. The summed E-state index contributed by atoms with van der Waals surface area (Å²) in [6.07, 6.45) is 0. The van der Waals surface area contributed by atoms with Crippen LogP contribution in [0.15, 0.2) is 18.2 Å². The van der Waals surface area contributed by atoms with Crippen molar-refractivity contribution < 1.29 is 9.18 Å². The quantitative estimate of drug-likeness (QED) is 0.911. The van der Waals surface area contributed by atoms with Crippen LogP contribution in [0.3, 0.4) is 0 Å². The maximum atomic E-state index is 13.1. The van der Waals surface area contributed by atoms with Crippen molar-refractivity contribution in [2.45, 2.75) is 13.5 Å². The van der Waals surface area contributed by atoms with E-state index in [1.54, 1.807) is 6.07 Å². The minimum absolute atomic E-state index is 0.106. The summed E-state index contributed by atoms with van der Waals surface area (Å²) >= 11 is 6.09. The Balaban J connectivity index is 1.51. The van der Waals surface area contributed by atoms with Crippen LogP contribution in [0, 0.1) is 17.7 Å². The fourth-order valence-corrected chi connectivity index (χ4v) is 3.40. The lowest BCUT2D eigenvalue weighted by Crippen LogP contribution is -2.54. The smallest absolute Gasteiger partial charge is 0.225 e. The van der Waals surface area contributed by atoms with Crippen molar-refractivity contribution in [2.75, 3.05) is 39.3 Å². The van der Waals surface area contributed by atoms with Gasteiger partial charge in [0.15, 0.2) is 0 Å². The normalized spacial score (nSPS) is 21.1. The molecule has 23 heavy (non-hydrogen) atoms. The maximum absolute atomic E-state index is 13.1. The lowest BCUT2D eigenvalue weighted by Gasteiger charge is -2.39. The van der Waals surface area contributed by atoms with E-state index in [-0.39, 0.29) is 17.6 Å². The zero-order chi connectivity index (χ0) is 16.4. The van der Waals surface area contributed by atoms with Crippen LogP contribution >= 0.6 is 11.6 Å². The van der Waals surface area contributed by atoms with Gasteiger partial charge in [0.2, 0.25) is 5.91 Å². The van der Waals surface area contributed by atoms with Gasteiger partial charge in [0.1, 0.15) is 5.82 Å². The standard InChI is InChI=1S/C17H23ClFN3O/c1-12(14-9-20-10-14)17(23)22-6-4-21(5-7-22)11-13-2-3-15(19)8-16(13)18/h2-3,8,12,14,20H,4-7,9-11H2,1H3. The van der Waals surface area contributed by atoms with Crippen LogP contribution in [0.1, 0.15) is 12.5 Å². The predicted octanol–water partition coefficient (Wildman–Crippen LogP) is 1.98. The number of benzene rings is 1. The molecule has 2 aliphatic heterocycles. The van der Waals surface area contributed by atoms with Crippen molar-refractivity contribution in [3.63, 3.8) is 0 Å². The summed E-state index contributed by atoms with van der Waals surface area (Å²) in [7, 11) is 0. The minimum Gasteiger partial charge on any atom is -0.340 e. The van der Waals surface area contributed by atoms with Gasteiger partial charge in [-0.2, -0.15) is 0 Å². The van der Waals surface area contributed by atoms with E-state index in [1.807, 2.05) is 11.8 Å². The molecule has 6 heteroatoms. The van der Waals surface area contributed by atoms with Crippen LogP contribution in [0.25, 0.3) is 0 Å². The first-order chi connectivity index (χ1) is 11.0. The second-order valence-corrected chi connectivity index (χ2v) is 6.95. The molecule has 4 nitrogen and oxygen atoms in total. The fraction of sp³-hybridized carbons (Fsp3) is 0.588. The molecular weight excluding hydrogens is 317 g/mol. The van der Waals surface area contributed by atoms with E-state index in [4.69, 9.17) is 11.6 Å². The first-order valence-corrected chi connectivity index (χ1v) is 8.58. The first kappa shape index (κ1) is 16.7. The topological polar surface area (TPSA) is 35.6 Å². The number of nitrogens with zero attached hydrogens (tertiary/aromatic N) is 2. The van der Waals surface area contributed by atoms with E-state index < -0.39 is 0 Å². The van der Waals surface area contributed by atoms with E-state index in [9.17, 15) is 9.18 Å². The van der Waals surface area contributed by atoms with Crippen molar-refractivity contribution in [2.24, 2.45) is 11.8 Å². The molecule has 1 aromatic carbocycles. The number of hydrogen-bond acceptors (Lipinski definition) is 3. The Labute approximate surface area is 141 Å². The third kappa shape index (κ3) is 3.84. The van der Waals surface area contributed by atoms with Crippen LogP contribution in [0.5, 0.6) is 0 Å². The number of amides is 1. The highest BCUT2D eigenvalue weighted by Gasteiger charge is 2.32. The van der Waals surface area contributed by atoms with Gasteiger partial charge >= 0.3 is 0 Å². The van der Waals surface area contributed by atoms with Gasteiger partial charge in [-0.3, -0.25) is 9.69 Å². The maximum Gasteiger partial charge on any atom is 0.225 e. The average Bonchev–Trinajstić information content (AvgIpc) is 2.48. The van der Waals surface area contributed by atoms with Gasteiger partial charge in [-0.05, 0) is 36.7 Å². The average molecular weight is 340 g/mol. The molecule has 0 spiro atoms. The number of halogens is 2. The Kier molecular flexibility index (Phi) is 5.19. The molecule has 3 rings (SSSR count). The molecule has 126 valence electrons. The Morgan fingerprint density at radius 1 is 1.35 bits per heavy atom. The Morgan fingerprint density at radius 2 is 2.04 bits per heavy atom. The van der Waals surface area contributed by atoms with Crippen LogP contribution in [0.4, 0.5) is 4.39 Å². The first-order valence-electron chi connectivity index (χ1n) is 8.20. The summed E-state index contributed by atoms with van der Waals surface area (Å²) in [6.45, 7) is 7.81. The number of nitrogens with one attached hydrogen (secondary N) is 1. The zero-order valence-electron chi connectivity index (χ0n) is 13.4. The Morgan fingerprint density at radius 3 is 2.61 bits per heavy atom. The van der Waals surface area contributed by atoms with E-state index in [0.29, 0.717) is 17.5 Å². The van der Waals surface area contributed by atoms with Gasteiger partial charge in [-0.15, -0.1) is 0 Å². The highest BCUT2D eigenvalue weighted by Crippen LogP contribution is 2.22. The van der Waals surface area contributed by atoms with Gasteiger partial charge in [0.25, 0.3) is 0 Å². The van der Waals surface area contributed by atoms with Crippen molar-refractivity contribution in [1.29, 1.82) is 0 Å². The molecule has 1 N–H and O–H groups in total. The van der Waals surface area contributed by atoms with Crippen LogP contribution in [-0.2, 0) is 11.3 Å². The highest BCUT2D eigenvalue weighted by atomic mass is 35.5. The lowest BCUT2D eigenvalue weighted by atomic mass is 9.88. The molecule has 1 amide bonds. The SMILES string of the molecule is CC(C(=O)N1CCN(Cc2ccc(F)cc2Cl)CC1)C1CNC1. The molecule has 0 aromatic heterocycles. The fourth-order valence-electron chi connectivity index (χ4n) is 3.17. The number of carbonyl (C=O) groups excluding carboxylic acids is 1. The van der Waals surface area contributed by atoms with Gasteiger partial charge in [0, 0.05) is 43.7 Å². The number of hydrogen-bond donors (Lipinski definition) is 1. The number of piperazine rings is 1. The third-order valence-electron chi connectivity index (χ3n) is 5.00. The summed E-state index contributed by atoms with van der Waals surface area (Å²) < 4.78 is 13.1. The minimum atomic E-state index is -0.311. The Bertz CT molecular complexity index is 571. The molecule has 0 saturated carbocycles. The predicted molar refractivity (Wildman–Crippen MR) is 88.8 cm³/mol. The van der Waals surface area contributed by atoms with E-state index in [0.717, 1.165) is 44.8 Å². The second kappa shape index (κ2) is 7.16. The molecule has 0 bridgehead atoms. The second-order valence-electron chi connectivity index (χ2n) is 6.54. The lowest BCUT2D eigenvalue weighted by molar-refractivity contribution is -0.139. The van der Waals surface area contributed by atoms with Crippen molar-refractivity contribution in [1.82, 2.24) is 15.1 Å². The monoisotopic (exact) mass is 339 g/mol. The third-order valence-corrected chi connectivity index (χ3v) is 5.35. The molecule has 2 saturated heterocycles. The summed E-state index contributed by atoms with van der Waals surface area (Å²) in [4.78, 5) is 16.7. The number of rotatable bonds is 4. The van der Waals surface area contributed by atoms with Gasteiger partial charge in [0.05, 0.1) is 0 Å². The van der Waals surface area contributed by atoms with Crippen molar-refractivity contribution >= 4 is 17.5 Å². The van der Waals surface area contributed by atoms with Gasteiger partial charge in [-0.1, -0.05) is 24.6 Å². The molecule has 2 aliphatic rings. The molecule has 1 unspecified atom stereocenters. The van der Waals surface area contributed by atoms with Gasteiger partial charge < -0.3 is 10.2 Å². The van der Waals surface area contributed by atoms with E-state index in [2.05, 4.69) is 10.2 Å². The van der Waals surface area contributed by atoms with Crippen LogP contribution < -0.4 is 5.32 Å². The van der Waals surface area contributed by atoms with Crippen LogP contribution in [-0.4, -0.2) is 55.0 Å². The van der Waals surface area contributed by atoms with E-state index >= 15 is 0 Å². The summed E-state index contributed by atoms with van der Waals surface area (Å²) in [5, 5.41) is 3.69. The molecule has 0 aliphatic carbocycles. The summed E-state index contributed by atoms with van der Waals surface area (Å²) in [6, 6.07) is 4.53. The molecule has 2 fully saturated rings. The number of carbonyl (C=O) groups is 1. The van der Waals surface area contributed by atoms with E-state index in [1.165, 1.54) is 12.1 Å². The van der Waals surface area contributed by atoms with Crippen LogP contribution in [0.2, 0.25) is 5.02 Å². The molecule has 1 atom stereocenters. The molecule has 2 heterocycles. The molecular formula is C17H23ClFN3O. The Hall–Kier alpha value is -1.17. The van der Waals surface area contributed by atoms with Crippen molar-refractivity contribution in [3.8, 4) is 0 Å². The molecule has 1 aromatic rings. The largest absolute Gasteiger partial charge is 0.340 e. The van der Waals surface area contributed by atoms with Gasteiger partial charge in [-0.25, -0.2) is 4.39 Å². The highest BCUT2D eigenvalue weighted by molar-refractivity contribution is 6.31.